The molecule has 9 nitrogen and oxygen atoms in total. The standard InChI is InChI=1S/C17H21N5O4/c1-3-13-12(16(23)21-8-4-5-11(10-21)17(24)25)9-18-22(13)14-6-7-15(26-2)20-19-14/h6-7,9,11H,3-5,8,10H2,1-2H3,(H,24,25). The second-order valence-electron chi connectivity index (χ2n) is 6.13. The highest BCUT2D eigenvalue weighted by Gasteiger charge is 2.30. The maximum absolute atomic E-state index is 12.9. The summed E-state index contributed by atoms with van der Waals surface area (Å²) in [6.45, 7) is 2.71. The molecule has 1 saturated heterocycles. The topological polar surface area (TPSA) is 110 Å². The molecule has 2 aromatic heterocycles. The van der Waals surface area contributed by atoms with E-state index in [4.69, 9.17) is 4.74 Å². The molecule has 0 spiro atoms. The van der Waals surface area contributed by atoms with E-state index < -0.39 is 11.9 Å². The number of carboxylic acid groups (broad SMARTS) is 1. The van der Waals surface area contributed by atoms with Gasteiger partial charge in [-0.05, 0) is 25.3 Å². The van der Waals surface area contributed by atoms with E-state index >= 15 is 0 Å². The third-order valence-corrected chi connectivity index (χ3v) is 4.54. The third-order valence-electron chi connectivity index (χ3n) is 4.54. The van der Waals surface area contributed by atoms with Crippen LogP contribution in [0.1, 0.15) is 35.8 Å². The number of ether oxygens (including phenoxy) is 1. The number of rotatable bonds is 5. The smallest absolute Gasteiger partial charge is 0.308 e. The summed E-state index contributed by atoms with van der Waals surface area (Å²) in [5.74, 6) is -0.685. The van der Waals surface area contributed by atoms with E-state index in [1.165, 1.54) is 13.3 Å². The normalized spacial score (nSPS) is 17.2. The maximum Gasteiger partial charge on any atom is 0.308 e. The Morgan fingerprint density at radius 2 is 2.15 bits per heavy atom. The van der Waals surface area contributed by atoms with E-state index in [1.54, 1.807) is 21.7 Å². The van der Waals surface area contributed by atoms with Crippen molar-refractivity contribution in [2.24, 2.45) is 5.92 Å². The average molecular weight is 359 g/mol. The molecule has 9 heteroatoms. The minimum Gasteiger partial charge on any atom is -0.481 e. The molecule has 0 saturated carbocycles. The summed E-state index contributed by atoms with van der Waals surface area (Å²) in [7, 11) is 1.51. The number of piperidine rings is 1. The second kappa shape index (κ2) is 7.51. The number of likely N-dealkylation sites (tertiary alicyclic amines) is 1. The number of hydrogen-bond acceptors (Lipinski definition) is 6. The predicted molar refractivity (Wildman–Crippen MR) is 91.3 cm³/mol. The van der Waals surface area contributed by atoms with E-state index in [1.807, 2.05) is 6.92 Å². The van der Waals surface area contributed by atoms with Crippen molar-refractivity contribution in [2.45, 2.75) is 26.2 Å². The zero-order valence-corrected chi connectivity index (χ0v) is 14.8. The molecule has 0 aromatic carbocycles. The Hall–Kier alpha value is -2.97. The number of aromatic nitrogens is 4. The number of carbonyl (C=O) groups is 2. The van der Waals surface area contributed by atoms with Crippen molar-refractivity contribution >= 4 is 11.9 Å². The molecule has 1 aliphatic heterocycles. The molecule has 1 atom stereocenters. The van der Waals surface area contributed by atoms with Crippen molar-refractivity contribution in [3.05, 3.63) is 29.6 Å². The van der Waals surface area contributed by atoms with Gasteiger partial charge < -0.3 is 14.7 Å². The van der Waals surface area contributed by atoms with Gasteiger partial charge in [-0.2, -0.15) is 5.10 Å². The largest absolute Gasteiger partial charge is 0.481 e. The molecule has 1 fully saturated rings. The first-order valence-corrected chi connectivity index (χ1v) is 8.52. The van der Waals surface area contributed by atoms with Crippen LogP contribution in [0.2, 0.25) is 0 Å². The van der Waals surface area contributed by atoms with Crippen LogP contribution in [0, 0.1) is 5.92 Å². The van der Waals surface area contributed by atoms with Crippen molar-refractivity contribution in [3.8, 4) is 11.7 Å². The van der Waals surface area contributed by atoms with Crippen molar-refractivity contribution in [1.29, 1.82) is 0 Å². The number of aliphatic carboxylic acids is 1. The Bertz CT molecular complexity index is 802. The summed E-state index contributed by atoms with van der Waals surface area (Å²) in [6, 6.07) is 3.39. The van der Waals surface area contributed by atoms with Crippen molar-refractivity contribution < 1.29 is 19.4 Å². The van der Waals surface area contributed by atoms with Gasteiger partial charge in [-0.3, -0.25) is 9.59 Å². The Labute approximate surface area is 150 Å². The van der Waals surface area contributed by atoms with Crippen molar-refractivity contribution in [1.82, 2.24) is 24.9 Å². The summed E-state index contributed by atoms with van der Waals surface area (Å²) >= 11 is 0. The van der Waals surface area contributed by atoms with Crippen LogP contribution in [0.4, 0.5) is 0 Å². The van der Waals surface area contributed by atoms with Crippen LogP contribution in [0.5, 0.6) is 5.88 Å². The molecular weight excluding hydrogens is 338 g/mol. The van der Waals surface area contributed by atoms with Gasteiger partial charge in [0.05, 0.1) is 30.5 Å². The van der Waals surface area contributed by atoms with E-state index in [2.05, 4.69) is 15.3 Å². The molecule has 2 aromatic rings. The van der Waals surface area contributed by atoms with Gasteiger partial charge in [0.15, 0.2) is 5.82 Å². The maximum atomic E-state index is 12.9. The van der Waals surface area contributed by atoms with Crippen LogP contribution in [0.25, 0.3) is 5.82 Å². The third kappa shape index (κ3) is 3.37. The molecule has 1 unspecified atom stereocenters. The monoisotopic (exact) mass is 359 g/mol. The van der Waals surface area contributed by atoms with Gasteiger partial charge in [0.25, 0.3) is 5.91 Å². The highest BCUT2D eigenvalue weighted by molar-refractivity contribution is 5.95. The van der Waals surface area contributed by atoms with Crippen LogP contribution in [-0.4, -0.2) is 62.1 Å². The molecule has 1 N–H and O–H groups in total. The number of carboxylic acids is 1. The van der Waals surface area contributed by atoms with Gasteiger partial charge in [-0.15, -0.1) is 10.2 Å². The first kappa shape index (κ1) is 17.8. The highest BCUT2D eigenvalue weighted by Crippen LogP contribution is 2.22. The molecule has 3 rings (SSSR count). The van der Waals surface area contributed by atoms with Gasteiger partial charge in [0.1, 0.15) is 0 Å². The molecule has 0 aliphatic carbocycles. The molecule has 0 radical (unpaired) electrons. The Morgan fingerprint density at radius 1 is 1.35 bits per heavy atom. The fraction of sp³-hybridized carbons (Fsp3) is 0.471. The molecule has 3 heterocycles. The van der Waals surface area contributed by atoms with Crippen LogP contribution in [-0.2, 0) is 11.2 Å². The van der Waals surface area contributed by atoms with Crippen molar-refractivity contribution in [2.75, 3.05) is 20.2 Å². The molecule has 1 amide bonds. The minimum atomic E-state index is -0.859. The fourth-order valence-electron chi connectivity index (χ4n) is 3.16. The molecule has 1 aliphatic rings. The first-order chi connectivity index (χ1) is 12.5. The highest BCUT2D eigenvalue weighted by atomic mass is 16.5. The summed E-state index contributed by atoms with van der Waals surface area (Å²) in [4.78, 5) is 25.8. The van der Waals surface area contributed by atoms with Crippen LogP contribution < -0.4 is 4.74 Å². The summed E-state index contributed by atoms with van der Waals surface area (Å²) in [5.41, 5.74) is 1.18. The predicted octanol–water partition coefficient (Wildman–Crippen LogP) is 1.17. The van der Waals surface area contributed by atoms with Crippen LogP contribution >= 0.6 is 0 Å². The molecule has 138 valence electrons. The van der Waals surface area contributed by atoms with Crippen LogP contribution in [0.15, 0.2) is 18.3 Å². The lowest BCUT2D eigenvalue weighted by atomic mass is 9.97. The lowest BCUT2D eigenvalue weighted by Gasteiger charge is -2.30. The summed E-state index contributed by atoms with van der Waals surface area (Å²) in [6.07, 6.45) is 3.37. The van der Waals surface area contributed by atoms with Gasteiger partial charge in [0.2, 0.25) is 5.88 Å². The van der Waals surface area contributed by atoms with Gasteiger partial charge in [-0.1, -0.05) is 6.92 Å². The van der Waals surface area contributed by atoms with E-state index in [0.717, 1.165) is 0 Å². The summed E-state index contributed by atoms with van der Waals surface area (Å²) in [5, 5.41) is 21.5. The summed E-state index contributed by atoms with van der Waals surface area (Å²) < 4.78 is 6.58. The zero-order valence-electron chi connectivity index (χ0n) is 14.8. The Balaban J connectivity index is 1.87. The SMILES string of the molecule is CCc1c(C(=O)N2CCCC(C(=O)O)C2)cnn1-c1ccc(OC)nn1. The average Bonchev–Trinajstić information content (AvgIpc) is 3.11. The first-order valence-electron chi connectivity index (χ1n) is 8.52. The lowest BCUT2D eigenvalue weighted by molar-refractivity contribution is -0.143. The van der Waals surface area contributed by atoms with E-state index in [9.17, 15) is 14.7 Å². The number of nitrogens with zero attached hydrogens (tertiary/aromatic N) is 5. The van der Waals surface area contributed by atoms with Gasteiger partial charge >= 0.3 is 5.97 Å². The number of methoxy groups -OCH3 is 1. The van der Waals surface area contributed by atoms with Crippen LogP contribution in [0.3, 0.4) is 0 Å². The van der Waals surface area contributed by atoms with E-state index in [-0.39, 0.29) is 12.5 Å². The number of hydrogen-bond donors (Lipinski definition) is 1. The fourth-order valence-corrected chi connectivity index (χ4v) is 3.16. The number of amides is 1. The number of carbonyl (C=O) groups excluding carboxylic acids is 1. The van der Waals surface area contributed by atoms with Gasteiger partial charge in [-0.25, -0.2) is 4.68 Å². The zero-order chi connectivity index (χ0) is 18.7. The Kier molecular flexibility index (Phi) is 5.15. The minimum absolute atomic E-state index is 0.194. The quantitative estimate of drug-likeness (QED) is 0.853. The van der Waals surface area contributed by atoms with Crippen molar-refractivity contribution in [3.63, 3.8) is 0 Å². The Morgan fingerprint density at radius 3 is 2.77 bits per heavy atom. The molecule has 26 heavy (non-hydrogen) atoms. The molecular formula is C17H21N5O4. The van der Waals surface area contributed by atoms with E-state index in [0.29, 0.717) is 48.8 Å². The van der Waals surface area contributed by atoms with Gasteiger partial charge in [0, 0.05) is 19.2 Å². The second-order valence-corrected chi connectivity index (χ2v) is 6.13. The lowest BCUT2D eigenvalue weighted by Crippen LogP contribution is -2.42. The molecule has 0 bridgehead atoms.